The third-order valence-corrected chi connectivity index (χ3v) is 3.81. The van der Waals surface area contributed by atoms with Gasteiger partial charge in [0.1, 0.15) is 0 Å². The highest BCUT2D eigenvalue weighted by atomic mass is 32.1. The van der Waals surface area contributed by atoms with Gasteiger partial charge in [0.25, 0.3) is 0 Å². The Morgan fingerprint density at radius 3 is 2.47 bits per heavy atom. The Kier molecular flexibility index (Phi) is 5.26. The van der Waals surface area contributed by atoms with E-state index in [2.05, 4.69) is 43.4 Å². The van der Waals surface area contributed by atoms with E-state index in [1.165, 1.54) is 23.5 Å². The summed E-state index contributed by atoms with van der Waals surface area (Å²) in [5.41, 5.74) is 1.19. The molecule has 0 unspecified atom stereocenters. The van der Waals surface area contributed by atoms with Crippen LogP contribution in [0.5, 0.6) is 0 Å². The summed E-state index contributed by atoms with van der Waals surface area (Å²) in [7, 11) is 0. The fourth-order valence-electron chi connectivity index (χ4n) is 1.50. The van der Waals surface area contributed by atoms with Crippen LogP contribution in [0.1, 0.15) is 57.2 Å². The molecule has 1 N–H and O–H groups in total. The molecule has 1 heterocycles. The normalized spacial score (nSPS) is 11.6. The molecule has 1 aromatic rings. The summed E-state index contributed by atoms with van der Waals surface area (Å²) >= 11 is 1.77. The molecule has 1 aromatic heterocycles. The smallest absolute Gasteiger partial charge is 0.0954 e. The molecule has 0 aliphatic rings. The van der Waals surface area contributed by atoms with Gasteiger partial charge in [0, 0.05) is 23.9 Å². The molecule has 0 saturated heterocycles. The van der Waals surface area contributed by atoms with Crippen LogP contribution in [-0.2, 0) is 6.54 Å². The van der Waals surface area contributed by atoms with Crippen LogP contribution in [0.2, 0.25) is 0 Å². The van der Waals surface area contributed by atoms with Gasteiger partial charge in [0.2, 0.25) is 0 Å². The molecule has 0 saturated carbocycles. The first kappa shape index (κ1) is 12.7. The van der Waals surface area contributed by atoms with Crippen LogP contribution < -0.4 is 5.32 Å². The van der Waals surface area contributed by atoms with E-state index in [0.29, 0.717) is 12.0 Å². The first-order valence-electron chi connectivity index (χ1n) is 5.85. The lowest BCUT2D eigenvalue weighted by Gasteiger charge is -2.13. The van der Waals surface area contributed by atoms with E-state index in [-0.39, 0.29) is 0 Å². The number of aromatic nitrogens is 1. The van der Waals surface area contributed by atoms with Crippen LogP contribution in [-0.4, -0.2) is 11.0 Å². The molecule has 15 heavy (non-hydrogen) atoms. The third kappa shape index (κ3) is 3.92. The molecule has 0 radical (unpaired) electrons. The zero-order valence-corrected chi connectivity index (χ0v) is 11.0. The van der Waals surface area contributed by atoms with Gasteiger partial charge in [-0.05, 0) is 12.8 Å². The second kappa shape index (κ2) is 6.23. The zero-order chi connectivity index (χ0) is 11.3. The van der Waals surface area contributed by atoms with E-state index in [0.717, 1.165) is 6.54 Å². The lowest BCUT2D eigenvalue weighted by molar-refractivity contribution is 0.481. The third-order valence-electron chi connectivity index (χ3n) is 2.62. The van der Waals surface area contributed by atoms with Gasteiger partial charge in [0.15, 0.2) is 0 Å². The summed E-state index contributed by atoms with van der Waals surface area (Å²) in [5, 5.41) is 6.95. The Morgan fingerprint density at radius 2 is 2.00 bits per heavy atom. The highest BCUT2D eigenvalue weighted by Crippen LogP contribution is 2.19. The van der Waals surface area contributed by atoms with Gasteiger partial charge >= 0.3 is 0 Å². The number of thiazole rings is 1. The van der Waals surface area contributed by atoms with Crippen LogP contribution in [0.25, 0.3) is 0 Å². The number of nitrogens with one attached hydrogen (secondary N) is 1. The lowest BCUT2D eigenvalue weighted by Crippen LogP contribution is -2.27. The highest BCUT2D eigenvalue weighted by Gasteiger charge is 2.07. The van der Waals surface area contributed by atoms with Crippen LogP contribution in [0, 0.1) is 0 Å². The molecule has 0 bridgehead atoms. The Morgan fingerprint density at radius 1 is 1.33 bits per heavy atom. The summed E-state index contributed by atoms with van der Waals surface area (Å²) in [5.74, 6) is 0.553. The summed E-state index contributed by atoms with van der Waals surface area (Å²) < 4.78 is 0. The van der Waals surface area contributed by atoms with Crippen LogP contribution >= 0.6 is 11.3 Å². The fourth-order valence-corrected chi connectivity index (χ4v) is 2.33. The standard InChI is InChI=1S/C12H22N2S/c1-5-10(6-2)13-7-11-8-15-12(14-11)9(3)4/h8-10,13H,5-7H2,1-4H3. The predicted molar refractivity (Wildman–Crippen MR) is 67.4 cm³/mol. The molecule has 1 rings (SSSR count). The van der Waals surface area contributed by atoms with Crippen LogP contribution in [0.4, 0.5) is 0 Å². The van der Waals surface area contributed by atoms with E-state index >= 15 is 0 Å². The second-order valence-corrected chi connectivity index (χ2v) is 5.12. The van der Waals surface area contributed by atoms with Crippen molar-refractivity contribution in [3.05, 3.63) is 16.1 Å². The molecule has 0 aliphatic carbocycles. The monoisotopic (exact) mass is 226 g/mol. The van der Waals surface area contributed by atoms with Crippen molar-refractivity contribution in [2.45, 2.75) is 59.0 Å². The van der Waals surface area contributed by atoms with Crippen molar-refractivity contribution < 1.29 is 0 Å². The Bertz CT molecular complexity index is 277. The van der Waals surface area contributed by atoms with Gasteiger partial charge < -0.3 is 5.32 Å². The quantitative estimate of drug-likeness (QED) is 0.802. The Labute approximate surface area is 97.1 Å². The number of hydrogen-bond acceptors (Lipinski definition) is 3. The van der Waals surface area contributed by atoms with Crippen molar-refractivity contribution in [1.82, 2.24) is 10.3 Å². The summed E-state index contributed by atoms with van der Waals surface area (Å²) in [6.07, 6.45) is 2.38. The van der Waals surface area contributed by atoms with E-state index < -0.39 is 0 Å². The molecular weight excluding hydrogens is 204 g/mol. The van der Waals surface area contributed by atoms with Crippen molar-refractivity contribution in [2.24, 2.45) is 0 Å². The Hall–Kier alpha value is -0.410. The lowest BCUT2D eigenvalue weighted by atomic mass is 10.2. The first-order valence-corrected chi connectivity index (χ1v) is 6.73. The van der Waals surface area contributed by atoms with Gasteiger partial charge in [-0.15, -0.1) is 11.3 Å². The first-order chi connectivity index (χ1) is 7.17. The van der Waals surface area contributed by atoms with Crippen molar-refractivity contribution in [2.75, 3.05) is 0 Å². The molecule has 2 nitrogen and oxygen atoms in total. The van der Waals surface area contributed by atoms with Crippen molar-refractivity contribution in [3.63, 3.8) is 0 Å². The molecule has 3 heteroatoms. The van der Waals surface area contributed by atoms with Gasteiger partial charge in [-0.3, -0.25) is 0 Å². The maximum absolute atomic E-state index is 4.61. The maximum atomic E-state index is 4.61. The van der Waals surface area contributed by atoms with Crippen molar-refractivity contribution >= 4 is 11.3 Å². The molecule has 0 atom stereocenters. The molecule has 0 fully saturated rings. The molecular formula is C12H22N2S. The predicted octanol–water partition coefficient (Wildman–Crippen LogP) is 3.54. The fraction of sp³-hybridized carbons (Fsp3) is 0.750. The zero-order valence-electron chi connectivity index (χ0n) is 10.2. The number of nitrogens with zero attached hydrogens (tertiary/aromatic N) is 1. The molecule has 0 spiro atoms. The molecule has 86 valence electrons. The minimum atomic E-state index is 0.553. The molecule has 0 aromatic carbocycles. The minimum Gasteiger partial charge on any atom is -0.308 e. The topological polar surface area (TPSA) is 24.9 Å². The minimum absolute atomic E-state index is 0.553. The number of hydrogen-bond donors (Lipinski definition) is 1. The summed E-state index contributed by atoms with van der Waals surface area (Å²) in [6.45, 7) is 9.74. The van der Waals surface area contributed by atoms with Gasteiger partial charge in [-0.1, -0.05) is 27.7 Å². The average molecular weight is 226 g/mol. The van der Waals surface area contributed by atoms with E-state index in [1.54, 1.807) is 11.3 Å². The highest BCUT2D eigenvalue weighted by molar-refractivity contribution is 7.09. The maximum Gasteiger partial charge on any atom is 0.0954 e. The number of rotatable bonds is 6. The van der Waals surface area contributed by atoms with Crippen LogP contribution in [0.15, 0.2) is 5.38 Å². The van der Waals surface area contributed by atoms with E-state index in [4.69, 9.17) is 0 Å². The van der Waals surface area contributed by atoms with Crippen molar-refractivity contribution in [1.29, 1.82) is 0 Å². The van der Waals surface area contributed by atoms with Crippen molar-refractivity contribution in [3.8, 4) is 0 Å². The van der Waals surface area contributed by atoms with Gasteiger partial charge in [-0.2, -0.15) is 0 Å². The molecule has 0 amide bonds. The summed E-state index contributed by atoms with van der Waals surface area (Å²) in [4.78, 5) is 4.61. The summed E-state index contributed by atoms with van der Waals surface area (Å²) in [6, 6.07) is 0.634. The molecule has 0 aliphatic heterocycles. The van der Waals surface area contributed by atoms with Gasteiger partial charge in [-0.25, -0.2) is 4.98 Å². The largest absolute Gasteiger partial charge is 0.308 e. The van der Waals surface area contributed by atoms with Crippen LogP contribution in [0.3, 0.4) is 0 Å². The van der Waals surface area contributed by atoms with E-state index in [1.807, 2.05) is 0 Å². The average Bonchev–Trinajstić information content (AvgIpc) is 2.68. The SMILES string of the molecule is CCC(CC)NCc1csc(C(C)C)n1. The second-order valence-electron chi connectivity index (χ2n) is 4.23. The van der Waals surface area contributed by atoms with E-state index in [9.17, 15) is 0 Å². The Balaban J connectivity index is 2.43. The van der Waals surface area contributed by atoms with Gasteiger partial charge in [0.05, 0.1) is 10.7 Å².